The van der Waals surface area contributed by atoms with E-state index in [1.165, 1.54) is 62.4 Å². The summed E-state index contributed by atoms with van der Waals surface area (Å²) in [6, 6.07) is -4.47. The molecule has 0 saturated carbocycles. The summed E-state index contributed by atoms with van der Waals surface area (Å²) in [6.45, 7) is 6.66. The predicted octanol–water partition coefficient (Wildman–Crippen LogP) is -5.78. The first-order chi connectivity index (χ1) is 55.6. The maximum Gasteiger partial charge on any atom is 0.326 e. The number of aliphatic carboxylic acids is 2. The van der Waals surface area contributed by atoms with Gasteiger partial charge in [0.2, 0.25) is 94.5 Å². The number of rotatable bonds is 53. The van der Waals surface area contributed by atoms with Gasteiger partial charge < -0.3 is 129 Å². The molecule has 0 saturated heterocycles. The number of hydrogen-bond acceptors (Lipinski definition) is 23. The highest BCUT2D eigenvalue weighted by atomic mass is 16.4. The van der Waals surface area contributed by atoms with E-state index in [0.717, 1.165) is 0 Å². The summed E-state index contributed by atoms with van der Waals surface area (Å²) in [5.74, 6) is -21.8. The quantitative estimate of drug-likeness (QED) is 0.0183. The molecule has 14 atom stereocenters. The van der Waals surface area contributed by atoms with Gasteiger partial charge in [-0.2, -0.15) is 0 Å². The van der Waals surface area contributed by atoms with Crippen LogP contribution in [0.25, 0.3) is 10.9 Å². The van der Waals surface area contributed by atoms with E-state index >= 15 is 4.79 Å². The third-order valence-electron chi connectivity index (χ3n) is 18.7. The van der Waals surface area contributed by atoms with Crippen LogP contribution in [-0.2, 0) is 106 Å². The Kier molecular flexibility index (Phi) is 40.1. The van der Waals surface area contributed by atoms with Crippen molar-refractivity contribution in [1.82, 2.24) is 68.8 Å². The second kappa shape index (κ2) is 48.5. The molecule has 0 aliphatic heterocycles. The highest BCUT2D eigenvalue weighted by molar-refractivity contribution is 6.01. The lowest BCUT2D eigenvalue weighted by Crippen LogP contribution is -2.62. The van der Waals surface area contributed by atoms with Crippen molar-refractivity contribution in [3.8, 4) is 11.5 Å². The molecule has 42 heteroatoms. The molecule has 0 unspecified atom stereocenters. The lowest BCUT2D eigenvalue weighted by molar-refractivity contribution is -0.142. The third kappa shape index (κ3) is 33.5. The van der Waals surface area contributed by atoms with Gasteiger partial charge in [-0.05, 0) is 117 Å². The van der Waals surface area contributed by atoms with E-state index in [2.05, 4.69) is 68.8 Å². The standard InChI is InChI=1S/C76H109N19O23/c1-6-38(4)63(95-73(114)56(34-61(82)102)89-65(106)46(78)22-27-62(103)104)75(116)93-53(31-41-16-20-44(98)21-17-41)70(111)94-57(36-96)74(115)92-55(33-60(81)101)72(113)90-51(29-37(2)3)68(109)84-39(5)64(105)88-54(32-42-35-83-47-12-8-7-11-45(42)47)71(112)91-52(30-40-14-18-43(97)19-15-40)69(110)86-48(23-25-58(79)99)66(107)85-49(24-26-59(80)100)67(108)87-50(76(117)118)13-9-10-28-77/h7-8,11-12,14-21,35,37-39,46,48-57,63,83,96-98H,6,9-10,13,22-34,36,77-78H2,1-5H3,(H2,79,99)(H2,80,100)(H2,81,101)(H2,82,102)(H,84,109)(H,85,107)(H,86,110)(H,87,108)(H,88,105)(H,89,106)(H,90,113)(H,91,112)(H,92,115)(H,93,116)(H,94,111)(H,95,114)(H,103,104)(H,117,118)/t38-,39-,46-,48-,49-,50-,51-,52-,53-,54-,55-,56-,57-,63-/m0/s1. The van der Waals surface area contributed by atoms with Crippen LogP contribution in [0.15, 0.2) is 79.0 Å². The Morgan fingerprint density at radius 3 is 1.29 bits per heavy atom. The zero-order chi connectivity index (χ0) is 88.2. The van der Waals surface area contributed by atoms with Gasteiger partial charge in [-0.25, -0.2) is 4.79 Å². The molecule has 0 aliphatic rings. The maximum absolute atomic E-state index is 15.0. The molecule has 1 heterocycles. The minimum atomic E-state index is -2.01. The number of unbranched alkanes of at least 4 members (excludes halogenated alkanes) is 1. The van der Waals surface area contributed by atoms with Crippen LogP contribution in [0.1, 0.15) is 135 Å². The van der Waals surface area contributed by atoms with Gasteiger partial charge >= 0.3 is 11.9 Å². The van der Waals surface area contributed by atoms with Crippen LogP contribution in [0.3, 0.4) is 0 Å². The molecule has 0 radical (unpaired) electrons. The number of aliphatic hydroxyl groups is 1. The Hall–Kier alpha value is -12.9. The van der Waals surface area contributed by atoms with E-state index in [9.17, 15) is 102 Å². The van der Waals surface area contributed by atoms with Crippen LogP contribution in [0, 0.1) is 11.8 Å². The van der Waals surface area contributed by atoms with E-state index in [4.69, 9.17) is 39.5 Å². The second-order valence-electron chi connectivity index (χ2n) is 28.8. The number of primary amides is 4. The number of aliphatic hydroxyl groups excluding tert-OH is 1. The highest BCUT2D eigenvalue weighted by Gasteiger charge is 2.39. The van der Waals surface area contributed by atoms with E-state index in [-0.39, 0.29) is 62.1 Å². The van der Waals surface area contributed by atoms with Gasteiger partial charge in [0.05, 0.1) is 25.5 Å². The number of H-pyrrole nitrogens is 1. The third-order valence-corrected chi connectivity index (χ3v) is 18.7. The average Bonchev–Trinajstić information content (AvgIpc) is 1.64. The number of nitrogens with one attached hydrogen (secondary N) is 13. The number of amides is 16. The number of carbonyl (C=O) groups excluding carboxylic acids is 16. The van der Waals surface area contributed by atoms with Gasteiger partial charge in [-0.1, -0.05) is 76.6 Å². The molecule has 3 aromatic carbocycles. The topological polar surface area (TPSA) is 725 Å². The molecule has 118 heavy (non-hydrogen) atoms. The lowest BCUT2D eigenvalue weighted by atomic mass is 9.96. The minimum absolute atomic E-state index is 0.0697. The monoisotopic (exact) mass is 1660 g/mol. The number of carbonyl (C=O) groups is 18. The van der Waals surface area contributed by atoms with Crippen molar-refractivity contribution in [3.05, 3.63) is 95.7 Å². The Labute approximate surface area is 677 Å². The number of nitrogens with two attached hydrogens (primary N) is 6. The van der Waals surface area contributed by atoms with Crippen LogP contribution in [0.2, 0.25) is 0 Å². The molecule has 0 fully saturated rings. The molecule has 16 amide bonds. The Balaban J connectivity index is 1.64. The van der Waals surface area contributed by atoms with Crippen LogP contribution < -0.4 is 98.2 Å². The predicted molar refractivity (Wildman–Crippen MR) is 420 cm³/mol. The maximum atomic E-state index is 15.0. The molecule has 4 rings (SSSR count). The molecule has 42 nitrogen and oxygen atoms in total. The summed E-state index contributed by atoms with van der Waals surface area (Å²) in [7, 11) is 0. The zero-order valence-electron chi connectivity index (χ0n) is 65.9. The van der Waals surface area contributed by atoms with E-state index < -0.39 is 261 Å². The van der Waals surface area contributed by atoms with Crippen molar-refractivity contribution in [2.24, 2.45) is 46.2 Å². The Morgan fingerprint density at radius 2 is 0.822 bits per heavy atom. The van der Waals surface area contributed by atoms with Crippen molar-refractivity contribution in [2.75, 3.05) is 13.2 Å². The molecular weight excluding hydrogens is 1550 g/mol. The van der Waals surface area contributed by atoms with E-state index in [1.54, 1.807) is 51.2 Å². The van der Waals surface area contributed by atoms with Gasteiger partial charge in [0.15, 0.2) is 0 Å². The Morgan fingerprint density at radius 1 is 0.415 bits per heavy atom. The smallest absolute Gasteiger partial charge is 0.326 e. The summed E-state index contributed by atoms with van der Waals surface area (Å²) in [6.07, 6.45) is -3.70. The van der Waals surface area contributed by atoms with Gasteiger partial charge in [0.1, 0.15) is 84.0 Å². The number of carboxylic acid groups (broad SMARTS) is 2. The van der Waals surface area contributed by atoms with Gasteiger partial charge in [0, 0.05) is 55.6 Å². The molecule has 0 aliphatic carbocycles. The van der Waals surface area contributed by atoms with Crippen molar-refractivity contribution in [3.63, 3.8) is 0 Å². The van der Waals surface area contributed by atoms with Crippen molar-refractivity contribution in [2.45, 2.75) is 216 Å². The molecule has 1 aromatic heterocycles. The largest absolute Gasteiger partial charge is 0.508 e. The summed E-state index contributed by atoms with van der Waals surface area (Å²) in [4.78, 5) is 246. The van der Waals surface area contributed by atoms with Crippen molar-refractivity contribution < 1.29 is 112 Å². The van der Waals surface area contributed by atoms with Crippen LogP contribution in [0.4, 0.5) is 0 Å². The number of aromatic amines is 1. The van der Waals surface area contributed by atoms with Crippen LogP contribution >= 0.6 is 0 Å². The number of phenolic OH excluding ortho intramolecular Hbond substituents is 2. The van der Waals surface area contributed by atoms with Gasteiger partial charge in [-0.3, -0.25) is 81.5 Å². The summed E-state index contributed by atoms with van der Waals surface area (Å²) < 4.78 is 0. The SMILES string of the molecule is CC[C@H](C)[C@H](NC(=O)[C@H](CC(N)=O)NC(=O)[C@@H](N)CCC(=O)O)C(=O)N[C@@H](Cc1ccc(O)cc1)C(=O)N[C@@H](CO)C(=O)N[C@@H](CC(N)=O)C(=O)N[C@@H](CC(C)C)C(=O)N[C@@H](C)C(=O)N[C@@H](Cc1c[nH]c2ccccc12)C(=O)N[C@@H](Cc1ccc(O)cc1)C(=O)N[C@@H](CCC(N)=O)C(=O)N[C@@H](CCC(N)=O)C(=O)N[C@@H](CCCCN)C(=O)O. The number of hydrogen-bond donors (Lipinski definition) is 24. The van der Waals surface area contributed by atoms with E-state index in [1.807, 2.05) is 0 Å². The summed E-state index contributed by atoms with van der Waals surface area (Å²) in [5.41, 5.74) is 34.8. The van der Waals surface area contributed by atoms with Crippen LogP contribution in [-0.4, -0.2) is 229 Å². The molecular formula is C76H109N19O23. The first-order valence-electron chi connectivity index (χ1n) is 38.0. The highest BCUT2D eigenvalue weighted by Crippen LogP contribution is 2.22. The van der Waals surface area contributed by atoms with Crippen molar-refractivity contribution in [1.29, 1.82) is 0 Å². The first-order valence-corrected chi connectivity index (χ1v) is 38.0. The number of phenols is 2. The zero-order valence-corrected chi connectivity index (χ0v) is 65.9. The van der Waals surface area contributed by atoms with Crippen LogP contribution in [0.5, 0.6) is 11.5 Å². The van der Waals surface area contributed by atoms with Gasteiger partial charge in [-0.15, -0.1) is 0 Å². The molecule has 4 aromatic rings. The molecule has 0 bridgehead atoms. The summed E-state index contributed by atoms with van der Waals surface area (Å²) >= 11 is 0. The number of aromatic nitrogens is 1. The molecule has 0 spiro atoms. The van der Waals surface area contributed by atoms with E-state index in [0.29, 0.717) is 28.5 Å². The first kappa shape index (κ1) is 97.5. The molecule has 646 valence electrons. The second-order valence-corrected chi connectivity index (χ2v) is 28.8. The summed E-state index contributed by atoms with van der Waals surface area (Å²) in [5, 5.41) is 79.4. The average molecular weight is 1660 g/mol. The fourth-order valence-electron chi connectivity index (χ4n) is 12.0. The van der Waals surface area contributed by atoms with Crippen molar-refractivity contribution >= 4 is 117 Å². The number of carboxylic acids is 2. The fourth-order valence-corrected chi connectivity index (χ4v) is 12.0. The number of aromatic hydroxyl groups is 2. The normalized spacial score (nSPS) is 14.7. The number of fused-ring (bicyclic) bond motifs is 1. The number of benzene rings is 3. The number of para-hydroxylation sites is 1. The fraction of sp³-hybridized carbons (Fsp3) is 0.500. The minimum Gasteiger partial charge on any atom is -0.508 e. The lowest BCUT2D eigenvalue weighted by Gasteiger charge is -2.29. The molecule has 30 N–H and O–H groups in total. The Bertz CT molecular complexity index is 4200. The van der Waals surface area contributed by atoms with Gasteiger partial charge in [0.25, 0.3) is 0 Å².